The van der Waals surface area contributed by atoms with Gasteiger partial charge in [-0.1, -0.05) is 24.3 Å². The highest BCUT2D eigenvalue weighted by molar-refractivity contribution is 7.13. The fourth-order valence-corrected chi connectivity index (χ4v) is 4.35. The van der Waals surface area contributed by atoms with Crippen molar-refractivity contribution < 1.29 is 19.1 Å². The number of methoxy groups -OCH3 is 1. The number of aromatic nitrogens is 1. The molecule has 1 aromatic carbocycles. The van der Waals surface area contributed by atoms with Crippen molar-refractivity contribution in [1.82, 2.24) is 9.88 Å². The van der Waals surface area contributed by atoms with Crippen LogP contribution in [0, 0.1) is 0 Å². The van der Waals surface area contributed by atoms with Crippen LogP contribution in [0.5, 0.6) is 0 Å². The van der Waals surface area contributed by atoms with Gasteiger partial charge in [0.2, 0.25) is 0 Å². The molecule has 0 aliphatic carbocycles. The summed E-state index contributed by atoms with van der Waals surface area (Å²) in [6.45, 7) is 6.99. The minimum Gasteiger partial charge on any atom is -0.469 e. The number of amides is 1. The summed E-state index contributed by atoms with van der Waals surface area (Å²) in [6.07, 6.45) is 1.72. The van der Waals surface area contributed by atoms with Crippen LogP contribution in [-0.4, -0.2) is 47.7 Å². The first-order valence-corrected chi connectivity index (χ1v) is 10.7. The normalized spacial score (nSPS) is 15.2. The van der Waals surface area contributed by atoms with Crippen molar-refractivity contribution in [2.45, 2.75) is 51.6 Å². The lowest BCUT2D eigenvalue weighted by Gasteiger charge is -2.32. The van der Waals surface area contributed by atoms with E-state index in [2.05, 4.69) is 5.38 Å². The smallest absolute Gasteiger partial charge is 0.410 e. The van der Waals surface area contributed by atoms with Gasteiger partial charge in [-0.05, 0) is 39.2 Å². The monoisotopic (exact) mass is 416 g/mol. The van der Waals surface area contributed by atoms with E-state index in [0.717, 1.165) is 34.7 Å². The molecule has 2 heterocycles. The molecule has 1 aliphatic rings. The zero-order valence-electron chi connectivity index (χ0n) is 17.4. The topological polar surface area (TPSA) is 68.7 Å². The van der Waals surface area contributed by atoms with E-state index in [4.69, 9.17) is 14.5 Å². The van der Waals surface area contributed by atoms with Crippen LogP contribution in [0.1, 0.15) is 50.8 Å². The molecule has 0 spiro atoms. The second kappa shape index (κ2) is 8.95. The first-order chi connectivity index (χ1) is 13.8. The number of esters is 1. The number of nitrogens with zero attached hydrogens (tertiary/aromatic N) is 2. The van der Waals surface area contributed by atoms with Gasteiger partial charge in [0, 0.05) is 30.0 Å². The molecule has 1 aromatic heterocycles. The molecular weight excluding hydrogens is 388 g/mol. The van der Waals surface area contributed by atoms with Crippen molar-refractivity contribution in [2.24, 2.45) is 0 Å². The Kier molecular flexibility index (Phi) is 6.57. The lowest BCUT2D eigenvalue weighted by atomic mass is 9.94. The average Bonchev–Trinajstić information content (AvgIpc) is 3.17. The SMILES string of the molecule is COC(=O)Cc1ccccc1-c1nc(C2CCN(C(=O)OC(C)(C)C)CC2)cs1. The van der Waals surface area contributed by atoms with Crippen LogP contribution in [0.25, 0.3) is 10.6 Å². The molecule has 0 N–H and O–H groups in total. The fourth-order valence-electron chi connectivity index (χ4n) is 3.39. The first-order valence-electron chi connectivity index (χ1n) is 9.85. The Hall–Kier alpha value is -2.41. The van der Waals surface area contributed by atoms with E-state index >= 15 is 0 Å². The Bertz CT molecular complexity index is 864. The van der Waals surface area contributed by atoms with Crippen molar-refractivity contribution in [2.75, 3.05) is 20.2 Å². The van der Waals surface area contributed by atoms with E-state index in [1.54, 1.807) is 16.2 Å². The van der Waals surface area contributed by atoms with Gasteiger partial charge in [0.25, 0.3) is 0 Å². The minimum atomic E-state index is -0.477. The molecule has 7 heteroatoms. The van der Waals surface area contributed by atoms with Gasteiger partial charge < -0.3 is 14.4 Å². The van der Waals surface area contributed by atoms with E-state index in [9.17, 15) is 9.59 Å². The number of carbonyl (C=O) groups is 2. The Morgan fingerprint density at radius 2 is 1.90 bits per heavy atom. The van der Waals surface area contributed by atoms with E-state index < -0.39 is 5.60 Å². The number of carbonyl (C=O) groups excluding carboxylic acids is 2. The lowest BCUT2D eigenvalue weighted by molar-refractivity contribution is -0.139. The Morgan fingerprint density at radius 1 is 1.21 bits per heavy atom. The summed E-state index contributed by atoms with van der Waals surface area (Å²) in [5.74, 6) is 0.0650. The highest BCUT2D eigenvalue weighted by Crippen LogP contribution is 2.34. The number of piperidine rings is 1. The molecule has 0 bridgehead atoms. The summed E-state index contributed by atoms with van der Waals surface area (Å²) >= 11 is 1.59. The summed E-state index contributed by atoms with van der Waals surface area (Å²) in [5, 5.41) is 3.01. The third-order valence-corrected chi connectivity index (χ3v) is 5.79. The minimum absolute atomic E-state index is 0.232. The molecular formula is C22H28N2O4S. The molecule has 0 unspecified atom stereocenters. The molecule has 0 saturated carbocycles. The molecule has 3 rings (SSSR count). The maximum atomic E-state index is 12.2. The summed E-state index contributed by atoms with van der Waals surface area (Å²) < 4.78 is 10.3. The standard InChI is InChI=1S/C22H28N2O4S/c1-22(2,3)28-21(26)24-11-9-15(10-12-24)18-14-29-20(23-18)17-8-6-5-7-16(17)13-19(25)27-4/h5-8,14-15H,9-13H2,1-4H3. The Morgan fingerprint density at radius 3 is 2.55 bits per heavy atom. The summed E-state index contributed by atoms with van der Waals surface area (Å²) in [5.41, 5.74) is 2.47. The molecule has 6 nitrogen and oxygen atoms in total. The zero-order valence-corrected chi connectivity index (χ0v) is 18.3. The highest BCUT2D eigenvalue weighted by Gasteiger charge is 2.28. The molecule has 0 radical (unpaired) electrons. The molecule has 2 aromatic rings. The van der Waals surface area contributed by atoms with Gasteiger partial charge in [0.15, 0.2) is 0 Å². The van der Waals surface area contributed by atoms with Crippen LogP contribution in [0.3, 0.4) is 0 Å². The Labute approximate surface area is 175 Å². The number of likely N-dealkylation sites (tertiary alicyclic amines) is 1. The number of rotatable bonds is 4. The third kappa shape index (κ3) is 5.56. The molecule has 156 valence electrons. The van der Waals surface area contributed by atoms with Gasteiger partial charge in [-0.2, -0.15) is 0 Å². The van der Waals surface area contributed by atoms with E-state index in [0.29, 0.717) is 19.0 Å². The maximum absolute atomic E-state index is 12.2. The van der Waals surface area contributed by atoms with Gasteiger partial charge in [0.05, 0.1) is 19.2 Å². The van der Waals surface area contributed by atoms with E-state index in [1.807, 2.05) is 45.0 Å². The van der Waals surface area contributed by atoms with Crippen LogP contribution in [0.2, 0.25) is 0 Å². The number of ether oxygens (including phenoxy) is 2. The fraction of sp³-hybridized carbons (Fsp3) is 0.500. The third-order valence-electron chi connectivity index (χ3n) is 4.90. The number of hydrogen-bond acceptors (Lipinski definition) is 6. The predicted octanol–water partition coefficient (Wildman–Crippen LogP) is 4.64. The van der Waals surface area contributed by atoms with Crippen LogP contribution in [0.15, 0.2) is 29.6 Å². The first kappa shape index (κ1) is 21.3. The summed E-state index contributed by atoms with van der Waals surface area (Å²) in [7, 11) is 1.40. The van der Waals surface area contributed by atoms with Crippen molar-refractivity contribution in [1.29, 1.82) is 0 Å². The number of hydrogen-bond donors (Lipinski definition) is 0. The van der Waals surface area contributed by atoms with Crippen LogP contribution in [0.4, 0.5) is 4.79 Å². The second-order valence-electron chi connectivity index (χ2n) is 8.23. The van der Waals surface area contributed by atoms with E-state index in [1.165, 1.54) is 7.11 Å². The van der Waals surface area contributed by atoms with Gasteiger partial charge in [-0.15, -0.1) is 11.3 Å². The maximum Gasteiger partial charge on any atom is 0.410 e. The molecule has 1 aliphatic heterocycles. The average molecular weight is 417 g/mol. The molecule has 1 amide bonds. The van der Waals surface area contributed by atoms with Gasteiger partial charge >= 0.3 is 12.1 Å². The lowest BCUT2D eigenvalue weighted by Crippen LogP contribution is -2.41. The second-order valence-corrected chi connectivity index (χ2v) is 9.09. The molecule has 0 atom stereocenters. The van der Waals surface area contributed by atoms with Crippen molar-refractivity contribution in [3.63, 3.8) is 0 Å². The molecule has 1 saturated heterocycles. The van der Waals surface area contributed by atoms with Gasteiger partial charge in [-0.25, -0.2) is 9.78 Å². The van der Waals surface area contributed by atoms with E-state index in [-0.39, 0.29) is 18.5 Å². The highest BCUT2D eigenvalue weighted by atomic mass is 32.1. The quantitative estimate of drug-likeness (QED) is 0.679. The van der Waals surface area contributed by atoms with Crippen molar-refractivity contribution in [3.05, 3.63) is 40.9 Å². The van der Waals surface area contributed by atoms with Crippen LogP contribution in [-0.2, 0) is 20.7 Å². The van der Waals surface area contributed by atoms with Crippen LogP contribution >= 0.6 is 11.3 Å². The van der Waals surface area contributed by atoms with Gasteiger partial charge in [-0.3, -0.25) is 4.79 Å². The van der Waals surface area contributed by atoms with Gasteiger partial charge in [0.1, 0.15) is 10.6 Å². The molecule has 1 fully saturated rings. The summed E-state index contributed by atoms with van der Waals surface area (Å²) in [4.78, 5) is 30.6. The summed E-state index contributed by atoms with van der Waals surface area (Å²) in [6, 6.07) is 7.80. The Balaban J connectivity index is 1.66. The number of benzene rings is 1. The zero-order chi connectivity index (χ0) is 21.0. The predicted molar refractivity (Wildman–Crippen MR) is 113 cm³/mol. The number of thiazole rings is 1. The molecule has 29 heavy (non-hydrogen) atoms. The van der Waals surface area contributed by atoms with Crippen molar-refractivity contribution in [3.8, 4) is 10.6 Å². The van der Waals surface area contributed by atoms with Crippen molar-refractivity contribution >= 4 is 23.4 Å². The largest absolute Gasteiger partial charge is 0.469 e. The van der Waals surface area contributed by atoms with Crippen LogP contribution < -0.4 is 0 Å².